The highest BCUT2D eigenvalue weighted by atomic mass is 35.5. The summed E-state index contributed by atoms with van der Waals surface area (Å²) in [6.07, 6.45) is -4.29. The van der Waals surface area contributed by atoms with Crippen molar-refractivity contribution in [2.75, 3.05) is 38.4 Å². The van der Waals surface area contributed by atoms with Crippen molar-refractivity contribution in [3.05, 3.63) is 56.5 Å². The van der Waals surface area contributed by atoms with Crippen LogP contribution in [0.4, 0.5) is 24.7 Å². The van der Waals surface area contributed by atoms with Crippen LogP contribution in [-0.4, -0.2) is 58.3 Å². The van der Waals surface area contributed by atoms with Crippen LogP contribution in [-0.2, 0) is 43.5 Å². The van der Waals surface area contributed by atoms with Gasteiger partial charge in [0.25, 0.3) is 5.91 Å². The molecule has 1 atom stereocenters. The Morgan fingerprint density at radius 3 is 2.68 bits per heavy atom. The van der Waals surface area contributed by atoms with Gasteiger partial charge in [-0.1, -0.05) is 18.5 Å². The fourth-order valence-electron chi connectivity index (χ4n) is 5.49. The normalized spacial score (nSPS) is 17.1. The summed E-state index contributed by atoms with van der Waals surface area (Å²) in [4.78, 5) is 25.5. The number of aromatic nitrogens is 4. The molecule has 2 aromatic heterocycles. The molecule has 10 nitrogen and oxygen atoms in total. The lowest BCUT2D eigenvalue weighted by Gasteiger charge is -2.31. The monoisotopic (exact) mass is 593 g/mol. The third-order valence-corrected chi connectivity index (χ3v) is 7.68. The minimum Gasteiger partial charge on any atom is -0.467 e. The van der Waals surface area contributed by atoms with E-state index in [0.29, 0.717) is 48.8 Å². The average molecular weight is 594 g/mol. The first-order valence-electron chi connectivity index (χ1n) is 13.2. The number of rotatable bonds is 5. The van der Waals surface area contributed by atoms with Gasteiger partial charge in [0.2, 0.25) is 0 Å². The number of alkyl halides is 3. The van der Waals surface area contributed by atoms with Crippen molar-refractivity contribution >= 4 is 29.0 Å². The molecule has 0 aliphatic carbocycles. The van der Waals surface area contributed by atoms with Gasteiger partial charge in [0.1, 0.15) is 5.82 Å². The number of benzene rings is 1. The number of hydrogen-bond donors (Lipinski definition) is 1. The summed E-state index contributed by atoms with van der Waals surface area (Å²) in [7, 11) is 4.83. The van der Waals surface area contributed by atoms with Crippen molar-refractivity contribution in [1.82, 2.24) is 24.6 Å². The molecule has 1 aromatic carbocycles. The van der Waals surface area contributed by atoms with Crippen LogP contribution in [0.1, 0.15) is 63.6 Å². The Morgan fingerprint density at radius 1 is 1.27 bits per heavy atom. The van der Waals surface area contributed by atoms with Crippen molar-refractivity contribution < 1.29 is 27.4 Å². The molecule has 0 bridgehead atoms. The number of nitrogen functional groups attached to an aromatic ring is 1. The molecule has 1 amide bonds. The first-order chi connectivity index (χ1) is 19.4. The first-order valence-corrected chi connectivity index (χ1v) is 13.6. The predicted molar refractivity (Wildman–Crippen MR) is 146 cm³/mol. The standard InChI is InChI=1S/C27H31ClF3N7O3/c1-5-15-20-12-37(7-6-8-38(20)35-23(15)25(39)36(2)3)24-17-13-41-21(11-19(17)33-26(34-24)40-4)16-9-14(32)10-18(28)22(16)27(29,30)31/h9-10,21H,5-8,11-13,32H2,1-4H3. The lowest BCUT2D eigenvalue weighted by Crippen LogP contribution is -2.29. The van der Waals surface area contributed by atoms with Crippen LogP contribution in [0, 0.1) is 0 Å². The fraction of sp³-hybridized carbons (Fsp3) is 0.481. The van der Waals surface area contributed by atoms with E-state index in [1.165, 1.54) is 18.1 Å². The molecule has 0 saturated carbocycles. The highest BCUT2D eigenvalue weighted by Crippen LogP contribution is 2.44. The van der Waals surface area contributed by atoms with Gasteiger partial charge in [-0.3, -0.25) is 9.48 Å². The molecule has 2 N–H and O–H groups in total. The number of anilines is 2. The molecule has 0 radical (unpaired) electrons. The number of aryl methyl sites for hydroxylation is 1. The van der Waals surface area contributed by atoms with Gasteiger partial charge in [-0.05, 0) is 30.5 Å². The van der Waals surface area contributed by atoms with Crippen LogP contribution < -0.4 is 15.4 Å². The topological polar surface area (TPSA) is 112 Å². The van der Waals surface area contributed by atoms with E-state index in [2.05, 4.69) is 20.0 Å². The highest BCUT2D eigenvalue weighted by molar-refractivity contribution is 6.31. The molecule has 0 fully saturated rings. The molecule has 14 heteroatoms. The summed E-state index contributed by atoms with van der Waals surface area (Å²) in [5.74, 6) is 0.415. The summed E-state index contributed by atoms with van der Waals surface area (Å²) < 4.78 is 55.2. The lowest BCUT2D eigenvalue weighted by atomic mass is 9.94. The van der Waals surface area contributed by atoms with Crippen molar-refractivity contribution in [3.8, 4) is 6.01 Å². The molecule has 41 heavy (non-hydrogen) atoms. The van der Waals surface area contributed by atoms with Gasteiger partial charge in [0.05, 0.1) is 48.3 Å². The number of nitrogens with two attached hydrogens (primary N) is 1. The molecule has 220 valence electrons. The number of fused-ring (bicyclic) bond motifs is 2. The predicted octanol–water partition coefficient (Wildman–Crippen LogP) is 4.42. The maximum atomic E-state index is 14.0. The Labute approximate surface area is 240 Å². The van der Waals surface area contributed by atoms with E-state index in [1.807, 2.05) is 11.6 Å². The van der Waals surface area contributed by atoms with E-state index in [-0.39, 0.29) is 36.2 Å². The summed E-state index contributed by atoms with van der Waals surface area (Å²) in [5, 5.41) is 4.16. The second-order valence-electron chi connectivity index (χ2n) is 10.3. The van der Waals surface area contributed by atoms with Crippen LogP contribution >= 0.6 is 11.6 Å². The number of hydrogen-bond acceptors (Lipinski definition) is 8. The van der Waals surface area contributed by atoms with Crippen LogP contribution in [0.5, 0.6) is 6.01 Å². The Morgan fingerprint density at radius 2 is 2.02 bits per heavy atom. The van der Waals surface area contributed by atoms with Crippen molar-refractivity contribution in [2.24, 2.45) is 0 Å². The van der Waals surface area contributed by atoms with Crippen LogP contribution in [0.25, 0.3) is 0 Å². The third kappa shape index (κ3) is 5.40. The zero-order valence-electron chi connectivity index (χ0n) is 23.2. The highest BCUT2D eigenvalue weighted by Gasteiger charge is 2.40. The van der Waals surface area contributed by atoms with Crippen molar-refractivity contribution in [3.63, 3.8) is 0 Å². The molecular formula is C27H31ClF3N7O3. The van der Waals surface area contributed by atoms with Gasteiger partial charge in [-0.25, -0.2) is 0 Å². The maximum Gasteiger partial charge on any atom is 0.418 e. The Hall–Kier alpha value is -3.58. The van der Waals surface area contributed by atoms with Crippen LogP contribution in [0.15, 0.2) is 12.1 Å². The van der Waals surface area contributed by atoms with Crippen LogP contribution in [0.2, 0.25) is 5.02 Å². The summed E-state index contributed by atoms with van der Waals surface area (Å²) in [5.41, 5.74) is 8.27. The zero-order chi connectivity index (χ0) is 29.6. The van der Waals surface area contributed by atoms with E-state index < -0.39 is 22.9 Å². The number of carbonyl (C=O) groups is 1. The van der Waals surface area contributed by atoms with Crippen molar-refractivity contribution in [2.45, 2.75) is 58.2 Å². The molecule has 1 unspecified atom stereocenters. The molecule has 2 aliphatic rings. The van der Waals surface area contributed by atoms with E-state index >= 15 is 0 Å². The van der Waals surface area contributed by atoms with E-state index in [9.17, 15) is 18.0 Å². The van der Waals surface area contributed by atoms with Gasteiger partial charge in [-0.15, -0.1) is 0 Å². The fourth-order valence-corrected chi connectivity index (χ4v) is 5.83. The minimum atomic E-state index is -4.70. The largest absolute Gasteiger partial charge is 0.467 e. The Kier molecular flexibility index (Phi) is 7.77. The first kappa shape index (κ1) is 28.9. The number of nitrogens with zero attached hydrogens (tertiary/aromatic N) is 6. The minimum absolute atomic E-state index is 0.0240. The molecule has 0 saturated heterocycles. The number of halogens is 4. The second-order valence-corrected chi connectivity index (χ2v) is 10.7. The van der Waals surface area contributed by atoms with Gasteiger partial charge in [0.15, 0.2) is 5.69 Å². The number of methoxy groups -OCH3 is 1. The van der Waals surface area contributed by atoms with E-state index in [1.54, 1.807) is 14.1 Å². The van der Waals surface area contributed by atoms with E-state index in [0.717, 1.165) is 23.7 Å². The Bertz CT molecular complexity index is 1490. The molecule has 2 aliphatic heterocycles. The number of ether oxygens (including phenoxy) is 2. The summed E-state index contributed by atoms with van der Waals surface area (Å²) >= 11 is 5.99. The van der Waals surface area contributed by atoms with Gasteiger partial charge < -0.3 is 25.0 Å². The van der Waals surface area contributed by atoms with Gasteiger partial charge in [-0.2, -0.15) is 28.2 Å². The average Bonchev–Trinajstić information content (AvgIpc) is 3.12. The quantitative estimate of drug-likeness (QED) is 0.433. The van der Waals surface area contributed by atoms with Crippen molar-refractivity contribution in [1.29, 1.82) is 0 Å². The van der Waals surface area contributed by atoms with Crippen LogP contribution in [0.3, 0.4) is 0 Å². The smallest absolute Gasteiger partial charge is 0.418 e. The molecule has 5 rings (SSSR count). The molecular weight excluding hydrogens is 563 g/mol. The third-order valence-electron chi connectivity index (χ3n) is 7.38. The Balaban J connectivity index is 1.54. The van der Waals surface area contributed by atoms with Gasteiger partial charge in [0, 0.05) is 50.4 Å². The van der Waals surface area contributed by atoms with E-state index in [4.69, 9.17) is 26.8 Å². The summed E-state index contributed by atoms with van der Waals surface area (Å²) in [6.45, 7) is 3.64. The number of amides is 1. The second kappa shape index (κ2) is 11.0. The number of carbonyl (C=O) groups excluding carboxylic acids is 1. The molecule has 4 heterocycles. The zero-order valence-corrected chi connectivity index (χ0v) is 23.9. The lowest BCUT2D eigenvalue weighted by molar-refractivity contribution is -0.139. The maximum absolute atomic E-state index is 14.0. The summed E-state index contributed by atoms with van der Waals surface area (Å²) in [6, 6.07) is 2.43. The van der Waals surface area contributed by atoms with Gasteiger partial charge >= 0.3 is 12.2 Å². The molecule has 3 aromatic rings. The molecule has 0 spiro atoms. The SMILES string of the molecule is CCc1c(C(=O)N(C)C)nn2c1CN(c1nc(OC)nc3c1COC(c1cc(N)cc(Cl)c1C(F)(F)F)C3)CCC2.